The maximum absolute atomic E-state index is 12.8. The van der Waals surface area contributed by atoms with Crippen molar-refractivity contribution in [2.24, 2.45) is 0 Å². The van der Waals surface area contributed by atoms with E-state index in [0.29, 0.717) is 5.69 Å². The van der Waals surface area contributed by atoms with Gasteiger partial charge in [0.15, 0.2) is 6.61 Å². The molecule has 0 aliphatic heterocycles. The van der Waals surface area contributed by atoms with Crippen LogP contribution in [0.3, 0.4) is 0 Å². The number of aryl methyl sites for hydroxylation is 2. The van der Waals surface area contributed by atoms with Crippen molar-refractivity contribution in [1.82, 2.24) is 4.72 Å². The van der Waals surface area contributed by atoms with E-state index in [-0.39, 0.29) is 4.90 Å². The second-order valence-electron chi connectivity index (χ2n) is 5.79. The zero-order valence-corrected chi connectivity index (χ0v) is 15.6. The zero-order chi connectivity index (χ0) is 20.0. The number of sulfonamides is 1. The highest BCUT2D eigenvalue weighted by Gasteiger charge is 2.17. The Morgan fingerprint density at radius 2 is 1.70 bits per heavy atom. The second-order valence-corrected chi connectivity index (χ2v) is 7.55. The first kappa shape index (κ1) is 20.5. The van der Waals surface area contributed by atoms with Crippen LogP contribution in [-0.4, -0.2) is 33.4 Å². The Morgan fingerprint density at radius 1 is 1.04 bits per heavy atom. The Labute approximate surface area is 156 Å². The van der Waals surface area contributed by atoms with Crippen LogP contribution in [0.15, 0.2) is 47.4 Å². The molecular formula is C18H19FN2O5S. The number of rotatable bonds is 7. The van der Waals surface area contributed by atoms with Gasteiger partial charge in [0.2, 0.25) is 10.0 Å². The molecule has 0 bridgehead atoms. The maximum Gasteiger partial charge on any atom is 0.321 e. The van der Waals surface area contributed by atoms with Crippen LogP contribution in [0.5, 0.6) is 0 Å². The number of benzene rings is 2. The number of amides is 1. The molecule has 2 N–H and O–H groups in total. The van der Waals surface area contributed by atoms with E-state index in [2.05, 4.69) is 10.0 Å². The van der Waals surface area contributed by atoms with Crippen LogP contribution in [0.4, 0.5) is 10.1 Å². The molecule has 144 valence electrons. The molecule has 0 unspecified atom stereocenters. The first-order valence-corrected chi connectivity index (χ1v) is 9.43. The fourth-order valence-corrected chi connectivity index (χ4v) is 3.10. The smallest absolute Gasteiger partial charge is 0.321 e. The molecule has 0 aromatic heterocycles. The number of carbonyl (C=O) groups excluding carboxylic acids is 2. The number of halogens is 1. The number of esters is 1. The van der Waals surface area contributed by atoms with Crippen LogP contribution in [-0.2, 0) is 24.3 Å². The predicted molar refractivity (Wildman–Crippen MR) is 97.1 cm³/mol. The molecule has 0 heterocycles. The third-order valence-electron chi connectivity index (χ3n) is 3.69. The van der Waals surface area contributed by atoms with E-state index in [1.54, 1.807) is 13.0 Å². The molecule has 0 atom stereocenters. The van der Waals surface area contributed by atoms with Crippen molar-refractivity contribution in [3.63, 3.8) is 0 Å². The lowest BCUT2D eigenvalue weighted by Gasteiger charge is -2.09. The number of hydrogen-bond donors (Lipinski definition) is 2. The normalized spacial score (nSPS) is 11.1. The first-order valence-electron chi connectivity index (χ1n) is 7.95. The van der Waals surface area contributed by atoms with Gasteiger partial charge in [-0.25, -0.2) is 12.8 Å². The highest BCUT2D eigenvalue weighted by atomic mass is 32.2. The van der Waals surface area contributed by atoms with Gasteiger partial charge in [-0.05, 0) is 61.4 Å². The second kappa shape index (κ2) is 8.74. The average molecular weight is 394 g/mol. The summed E-state index contributed by atoms with van der Waals surface area (Å²) in [5.74, 6) is -1.99. The molecule has 9 heteroatoms. The quantitative estimate of drug-likeness (QED) is 0.699. The van der Waals surface area contributed by atoms with Crippen LogP contribution >= 0.6 is 0 Å². The van der Waals surface area contributed by atoms with Gasteiger partial charge in [-0.15, -0.1) is 0 Å². The summed E-state index contributed by atoms with van der Waals surface area (Å²) in [6.07, 6.45) is 0. The van der Waals surface area contributed by atoms with Crippen molar-refractivity contribution in [2.45, 2.75) is 18.7 Å². The van der Waals surface area contributed by atoms with E-state index in [1.165, 1.54) is 36.4 Å². The number of hydrogen-bond acceptors (Lipinski definition) is 5. The highest BCUT2D eigenvalue weighted by molar-refractivity contribution is 7.89. The summed E-state index contributed by atoms with van der Waals surface area (Å²) in [6.45, 7) is 2.43. The van der Waals surface area contributed by atoms with E-state index in [4.69, 9.17) is 4.74 Å². The molecule has 0 aliphatic carbocycles. The minimum atomic E-state index is -3.87. The van der Waals surface area contributed by atoms with Gasteiger partial charge < -0.3 is 10.1 Å². The van der Waals surface area contributed by atoms with Crippen molar-refractivity contribution < 1.29 is 27.1 Å². The molecule has 2 aromatic rings. The Bertz CT molecular complexity index is 943. The van der Waals surface area contributed by atoms with E-state index < -0.39 is 40.9 Å². The summed E-state index contributed by atoms with van der Waals surface area (Å²) in [7, 11) is -3.87. The average Bonchev–Trinajstić information content (AvgIpc) is 2.62. The van der Waals surface area contributed by atoms with Crippen LogP contribution in [0.1, 0.15) is 11.1 Å². The number of nitrogens with one attached hydrogen (secondary N) is 2. The molecule has 0 saturated carbocycles. The number of carbonyl (C=O) groups is 2. The molecule has 0 spiro atoms. The van der Waals surface area contributed by atoms with Gasteiger partial charge in [0.1, 0.15) is 12.4 Å². The molecule has 0 saturated heterocycles. The van der Waals surface area contributed by atoms with Gasteiger partial charge in [0.25, 0.3) is 5.91 Å². The van der Waals surface area contributed by atoms with Crippen molar-refractivity contribution >= 4 is 27.6 Å². The lowest BCUT2D eigenvalue weighted by atomic mass is 10.1. The van der Waals surface area contributed by atoms with E-state index >= 15 is 0 Å². The lowest BCUT2D eigenvalue weighted by Crippen LogP contribution is -2.32. The summed E-state index contributed by atoms with van der Waals surface area (Å²) < 4.78 is 44.0. The monoisotopic (exact) mass is 394 g/mol. The Hall–Kier alpha value is -2.78. The van der Waals surface area contributed by atoms with Gasteiger partial charge in [0.05, 0.1) is 4.90 Å². The molecule has 0 aliphatic rings. The summed E-state index contributed by atoms with van der Waals surface area (Å²) in [5.41, 5.74) is 2.09. The van der Waals surface area contributed by atoms with Crippen molar-refractivity contribution in [1.29, 1.82) is 0 Å². The zero-order valence-electron chi connectivity index (χ0n) is 14.8. The van der Waals surface area contributed by atoms with E-state index in [0.717, 1.165) is 11.1 Å². The van der Waals surface area contributed by atoms with Gasteiger partial charge in [-0.1, -0.05) is 6.07 Å². The third kappa shape index (κ3) is 6.15. The summed E-state index contributed by atoms with van der Waals surface area (Å²) in [4.78, 5) is 23.4. The highest BCUT2D eigenvalue weighted by Crippen LogP contribution is 2.14. The summed E-state index contributed by atoms with van der Waals surface area (Å²) in [5, 5.41) is 2.41. The van der Waals surface area contributed by atoms with Crippen LogP contribution in [0.2, 0.25) is 0 Å². The fraction of sp³-hybridized carbons (Fsp3) is 0.222. The molecule has 0 radical (unpaired) electrons. The molecular weight excluding hydrogens is 375 g/mol. The minimum absolute atomic E-state index is 0.0347. The Morgan fingerprint density at radius 3 is 2.33 bits per heavy atom. The molecule has 2 aromatic carbocycles. The Balaban J connectivity index is 1.82. The first-order chi connectivity index (χ1) is 12.7. The van der Waals surface area contributed by atoms with Gasteiger partial charge in [0, 0.05) is 5.69 Å². The summed E-state index contributed by atoms with van der Waals surface area (Å²) in [6, 6.07) is 9.65. The van der Waals surface area contributed by atoms with Crippen LogP contribution < -0.4 is 10.0 Å². The van der Waals surface area contributed by atoms with E-state index in [1.807, 2.05) is 6.92 Å². The lowest BCUT2D eigenvalue weighted by molar-refractivity contribution is -0.146. The van der Waals surface area contributed by atoms with Gasteiger partial charge in [-0.2, -0.15) is 4.72 Å². The largest absolute Gasteiger partial charge is 0.455 e. The topological polar surface area (TPSA) is 102 Å². The van der Waals surface area contributed by atoms with Crippen LogP contribution in [0.25, 0.3) is 0 Å². The van der Waals surface area contributed by atoms with Gasteiger partial charge in [-0.3, -0.25) is 9.59 Å². The standard InChI is InChI=1S/C18H19FN2O5S/c1-12-3-8-16(9-13(12)2)27(24,25)20-10-18(23)26-11-17(22)21-15-6-4-14(19)5-7-15/h3-9,20H,10-11H2,1-2H3,(H,21,22). The summed E-state index contributed by atoms with van der Waals surface area (Å²) >= 11 is 0. The van der Waals surface area contributed by atoms with Crippen molar-refractivity contribution in [3.05, 3.63) is 59.4 Å². The van der Waals surface area contributed by atoms with Gasteiger partial charge >= 0.3 is 5.97 Å². The SMILES string of the molecule is Cc1ccc(S(=O)(=O)NCC(=O)OCC(=O)Nc2ccc(F)cc2)cc1C. The maximum atomic E-state index is 12.8. The fourth-order valence-electron chi connectivity index (χ4n) is 2.05. The predicted octanol–water partition coefficient (Wildman–Crippen LogP) is 1.90. The van der Waals surface area contributed by atoms with Crippen molar-refractivity contribution in [3.8, 4) is 0 Å². The molecule has 1 amide bonds. The molecule has 27 heavy (non-hydrogen) atoms. The Kier molecular flexibility index (Phi) is 6.65. The number of ether oxygens (including phenoxy) is 1. The number of anilines is 1. The van der Waals surface area contributed by atoms with Crippen molar-refractivity contribution in [2.75, 3.05) is 18.5 Å². The molecule has 0 fully saturated rings. The molecule has 2 rings (SSSR count). The molecule has 7 nitrogen and oxygen atoms in total. The van der Waals surface area contributed by atoms with E-state index in [9.17, 15) is 22.4 Å². The van der Waals surface area contributed by atoms with Crippen LogP contribution in [0, 0.1) is 19.7 Å². The third-order valence-corrected chi connectivity index (χ3v) is 5.09. The minimum Gasteiger partial charge on any atom is -0.455 e.